The number of methoxy groups -OCH3 is 4. The lowest BCUT2D eigenvalue weighted by molar-refractivity contribution is -0.0535. The molecule has 116 heavy (non-hydrogen) atoms. The second kappa shape index (κ2) is 32.6. The van der Waals surface area contributed by atoms with E-state index < -0.39 is 17.0 Å². The average Bonchev–Trinajstić information content (AvgIpc) is 1.55. The molecular weight excluding hydrogens is 1480 g/mol. The van der Waals surface area contributed by atoms with Gasteiger partial charge < -0.3 is 63.4 Å². The number of hydrogen-bond donors (Lipinski definition) is 2. The summed E-state index contributed by atoms with van der Waals surface area (Å²) in [5.41, 5.74) is 6.13. The van der Waals surface area contributed by atoms with Crippen LogP contribution in [0.4, 0.5) is 34.5 Å². The molecular formula is C88H93N15O13. The van der Waals surface area contributed by atoms with E-state index in [1.54, 1.807) is 75.9 Å². The maximum Gasteiger partial charge on any atom is 0.277 e. The van der Waals surface area contributed by atoms with E-state index in [0.717, 1.165) is 145 Å². The molecule has 0 bridgehead atoms. The SMILES string of the molecule is COc1ccc(CN(c2ccncn2)c2cc(C3CCO3)c3n(c2=O)C2(CCCCC2)N(Cc2ccc(OC)cc2)C3=O)cc1.COc1ccc(CN(c2ccncn2)c2cc(C3CO3)c3n(c2=O)C2(CCCCC2)N(Cc2ccc(OC)cc2)C3=O)cc1.O=C1NC2(CCCCC2)n2c1c(C1CCO1)cc(Nc1ccncn1)c2=O. The summed E-state index contributed by atoms with van der Waals surface area (Å²) in [5.74, 6) is 4.33. The molecule has 19 rings (SSSR count). The van der Waals surface area contributed by atoms with Gasteiger partial charge in [-0.3, -0.25) is 42.5 Å². The third kappa shape index (κ3) is 14.4. The molecule has 3 spiro atoms. The Morgan fingerprint density at radius 1 is 0.440 bits per heavy atom. The predicted molar refractivity (Wildman–Crippen MR) is 431 cm³/mol. The molecule has 3 unspecified atom stereocenters. The van der Waals surface area contributed by atoms with Crippen molar-refractivity contribution < 1.29 is 47.5 Å². The van der Waals surface area contributed by atoms with Crippen LogP contribution >= 0.6 is 0 Å². The quantitative estimate of drug-likeness (QED) is 0.0632. The molecule has 6 aliphatic heterocycles. The van der Waals surface area contributed by atoms with Crippen LogP contribution < -0.4 is 56.1 Å². The molecule has 3 aliphatic carbocycles. The number of fused-ring (bicyclic) bond motifs is 6. The van der Waals surface area contributed by atoms with Gasteiger partial charge in [0.05, 0.1) is 60.5 Å². The van der Waals surface area contributed by atoms with Crippen molar-refractivity contribution in [1.29, 1.82) is 0 Å². The number of amides is 3. The van der Waals surface area contributed by atoms with Crippen LogP contribution in [-0.4, -0.2) is 119 Å². The maximum absolute atomic E-state index is 15.0. The topological polar surface area (TPSA) is 299 Å². The van der Waals surface area contributed by atoms with Gasteiger partial charge >= 0.3 is 0 Å². The Morgan fingerprint density at radius 3 is 1.20 bits per heavy atom. The number of anilines is 6. The minimum atomic E-state index is -0.770. The average molecular weight is 1570 g/mol. The van der Waals surface area contributed by atoms with Crippen molar-refractivity contribution in [1.82, 2.24) is 58.7 Å². The maximum atomic E-state index is 15.0. The summed E-state index contributed by atoms with van der Waals surface area (Å²) in [6.45, 7) is 3.36. The zero-order valence-corrected chi connectivity index (χ0v) is 65.5. The standard InChI is InChI=1S/C35H37N5O5.C34H35N5O5.C19H21N5O3/c1-43-26-10-6-24(7-11-26)21-38(31-14-18-36-23-37-31)29-20-28(30-15-19-45-30)32-34(42)39(22-25-8-12-27(44-2)13-9-25)35(40(32)33(29)41)16-4-3-5-17-35;1-42-25-10-6-23(7-11-25)19-37(30-14-17-35-22-36-30)28-18-27(29-21-44-29)31-33(41)38(20-24-8-12-26(43-2)13-9-24)34(39(31)32(28)40)15-4-3-5-16-34;25-17-16-12(14-5-9-27-14)10-13(22-15-4-8-20-11-21-15)18(26)24(16)19(23-17)6-2-1-3-7-19/h6-14,18,20,23,30H,3-5,15-17,19,21-22H2,1-2H3;6-14,17-18,22,29H,3-5,15-16,19-21H2,1-2H3;4,8,10-11,14H,1-3,5-7,9H2,(H,23,25)(H,20,21,22). The van der Waals surface area contributed by atoms with Crippen molar-refractivity contribution >= 4 is 52.2 Å². The van der Waals surface area contributed by atoms with Gasteiger partial charge in [0.25, 0.3) is 34.4 Å². The van der Waals surface area contributed by atoms with Crippen LogP contribution in [-0.2, 0) is 57.4 Å². The van der Waals surface area contributed by atoms with Crippen LogP contribution in [0.5, 0.6) is 23.0 Å². The Labute approximate surface area is 670 Å². The number of carbonyl (C=O) groups is 3. The summed E-state index contributed by atoms with van der Waals surface area (Å²) in [6, 6.07) is 41.9. The third-order valence-electron chi connectivity index (χ3n) is 24.2. The van der Waals surface area contributed by atoms with E-state index in [-0.39, 0.29) is 52.7 Å². The molecule has 3 saturated carbocycles. The smallest absolute Gasteiger partial charge is 0.277 e. The minimum Gasteiger partial charge on any atom is -0.497 e. The van der Waals surface area contributed by atoms with Gasteiger partial charge in [0.15, 0.2) is 0 Å². The van der Waals surface area contributed by atoms with Crippen molar-refractivity contribution in [3.05, 3.63) is 258 Å². The summed E-state index contributed by atoms with van der Waals surface area (Å²) in [5, 5.41) is 6.23. The van der Waals surface area contributed by atoms with Crippen LogP contribution in [0.2, 0.25) is 0 Å². The Bertz CT molecular complexity index is 5430. The van der Waals surface area contributed by atoms with Gasteiger partial charge in [-0.05, 0) is 184 Å². The lowest BCUT2D eigenvalue weighted by Gasteiger charge is -2.43. The summed E-state index contributed by atoms with van der Waals surface area (Å²) >= 11 is 0. The minimum absolute atomic E-state index is 0.120. The Morgan fingerprint density at radius 2 is 0.828 bits per heavy atom. The van der Waals surface area contributed by atoms with E-state index in [2.05, 4.69) is 40.5 Å². The molecule has 10 aromatic rings. The Kier molecular flexibility index (Phi) is 21.5. The molecule has 2 N–H and O–H groups in total. The molecule has 28 nitrogen and oxygen atoms in total. The molecule has 28 heteroatoms. The zero-order chi connectivity index (χ0) is 79.7. The number of nitrogens with zero attached hydrogens (tertiary/aromatic N) is 13. The summed E-state index contributed by atoms with van der Waals surface area (Å²) in [6.07, 6.45) is 23.7. The first kappa shape index (κ1) is 76.5. The number of carbonyl (C=O) groups excluding carboxylic acids is 3. The van der Waals surface area contributed by atoms with Gasteiger partial charge in [-0.2, -0.15) is 0 Å². The normalized spacial score (nSPS) is 19.4. The lowest BCUT2D eigenvalue weighted by Crippen LogP contribution is -2.51. The summed E-state index contributed by atoms with van der Waals surface area (Å²) in [4.78, 5) is 118. The monoisotopic (exact) mass is 1570 g/mol. The van der Waals surface area contributed by atoms with Crippen LogP contribution in [0.15, 0.2) is 185 Å². The highest BCUT2D eigenvalue weighted by atomic mass is 16.6. The summed E-state index contributed by atoms with van der Waals surface area (Å²) < 4.78 is 44.2. The van der Waals surface area contributed by atoms with Crippen molar-refractivity contribution in [3.8, 4) is 23.0 Å². The van der Waals surface area contributed by atoms with Gasteiger partial charge in [0.2, 0.25) is 0 Å². The number of aromatic nitrogens is 9. The molecule has 3 saturated heterocycles. The second-order valence-electron chi connectivity index (χ2n) is 30.9. The van der Waals surface area contributed by atoms with E-state index in [0.29, 0.717) is 123 Å². The number of hydrogen-bond acceptors (Lipinski definition) is 22. The first-order valence-corrected chi connectivity index (χ1v) is 40.1. The summed E-state index contributed by atoms with van der Waals surface area (Å²) in [7, 11) is 6.55. The van der Waals surface area contributed by atoms with Gasteiger partial charge in [-0.1, -0.05) is 67.8 Å². The first-order valence-electron chi connectivity index (χ1n) is 40.1. The number of pyridine rings is 3. The van der Waals surface area contributed by atoms with Crippen molar-refractivity contribution in [2.75, 3.05) is 63.4 Å². The fourth-order valence-corrected chi connectivity index (χ4v) is 18.1. The van der Waals surface area contributed by atoms with Crippen LogP contribution in [0.1, 0.15) is 198 Å². The van der Waals surface area contributed by atoms with Gasteiger partial charge in [0, 0.05) is 74.3 Å². The van der Waals surface area contributed by atoms with Gasteiger partial charge in [-0.15, -0.1) is 0 Å². The third-order valence-corrected chi connectivity index (χ3v) is 24.2. The van der Waals surface area contributed by atoms with Crippen molar-refractivity contribution in [3.63, 3.8) is 0 Å². The fourth-order valence-electron chi connectivity index (χ4n) is 18.1. The molecule has 598 valence electrons. The highest BCUT2D eigenvalue weighted by molar-refractivity contribution is 5.99. The lowest BCUT2D eigenvalue weighted by atomic mass is 9.87. The van der Waals surface area contributed by atoms with Crippen LogP contribution in [0.25, 0.3) is 0 Å². The molecule has 4 aromatic carbocycles. The Balaban J connectivity index is 0.000000129. The Hall–Kier alpha value is -12.1. The van der Waals surface area contributed by atoms with E-state index in [4.69, 9.17) is 33.2 Å². The van der Waals surface area contributed by atoms with E-state index in [9.17, 15) is 28.8 Å². The molecule has 3 amide bonds. The van der Waals surface area contributed by atoms with Crippen LogP contribution in [0, 0.1) is 0 Å². The number of epoxide rings is 1. The van der Waals surface area contributed by atoms with E-state index >= 15 is 0 Å². The van der Waals surface area contributed by atoms with Crippen molar-refractivity contribution in [2.24, 2.45) is 0 Å². The van der Waals surface area contributed by atoms with Crippen molar-refractivity contribution in [2.45, 2.75) is 171 Å². The number of ether oxygens (including phenoxy) is 7. The zero-order valence-electron chi connectivity index (χ0n) is 65.5. The molecule has 6 aromatic heterocycles. The highest BCUT2D eigenvalue weighted by Gasteiger charge is 2.56. The van der Waals surface area contributed by atoms with Gasteiger partial charge in [-0.25, -0.2) is 29.9 Å². The highest BCUT2D eigenvalue weighted by Crippen LogP contribution is 2.51. The first-order chi connectivity index (χ1) is 56.7. The predicted octanol–water partition coefficient (Wildman–Crippen LogP) is 13.3. The van der Waals surface area contributed by atoms with E-state index in [1.165, 1.54) is 19.0 Å². The molecule has 3 atom stereocenters. The molecule has 9 aliphatic rings. The largest absolute Gasteiger partial charge is 0.497 e. The van der Waals surface area contributed by atoms with E-state index in [1.807, 2.05) is 138 Å². The fraction of sp³-hybridized carbons (Fsp3) is 0.386. The van der Waals surface area contributed by atoms with Crippen LogP contribution in [0.3, 0.4) is 0 Å². The molecule has 0 radical (unpaired) electrons. The van der Waals surface area contributed by atoms with Gasteiger partial charge in [0.1, 0.15) is 117 Å². The second-order valence-corrected chi connectivity index (χ2v) is 30.9. The number of benzene rings is 4. The number of rotatable bonds is 21. The molecule has 6 fully saturated rings. The molecule has 12 heterocycles. The number of nitrogens with one attached hydrogen (secondary N) is 2.